The van der Waals surface area contributed by atoms with Crippen LogP contribution >= 0.6 is 0 Å². The molecule has 0 amide bonds. The SMILES string of the molecule is CCCCCCc1ccc(Nc2cc(N(C)C)nc(N3CCN(c4ccccn4)CC3)n2)cc1. The van der Waals surface area contributed by atoms with Crippen LogP contribution in [0.25, 0.3) is 0 Å². The fourth-order valence-electron chi connectivity index (χ4n) is 4.19. The lowest BCUT2D eigenvalue weighted by molar-refractivity contribution is 0.635. The summed E-state index contributed by atoms with van der Waals surface area (Å²) in [4.78, 5) is 20.8. The predicted molar refractivity (Wildman–Crippen MR) is 143 cm³/mol. The van der Waals surface area contributed by atoms with Crippen LogP contribution in [-0.2, 0) is 6.42 Å². The molecular formula is C27H37N7. The smallest absolute Gasteiger partial charge is 0.229 e. The predicted octanol–water partition coefficient (Wildman–Crippen LogP) is 5.13. The van der Waals surface area contributed by atoms with Crippen LogP contribution in [0.3, 0.4) is 0 Å². The molecule has 180 valence electrons. The Balaban J connectivity index is 1.42. The summed E-state index contributed by atoms with van der Waals surface area (Å²) in [5, 5.41) is 3.49. The van der Waals surface area contributed by atoms with Crippen LogP contribution in [-0.4, -0.2) is 55.2 Å². The summed E-state index contributed by atoms with van der Waals surface area (Å²) in [6.45, 7) is 5.77. The zero-order valence-electron chi connectivity index (χ0n) is 20.7. The molecule has 0 aliphatic carbocycles. The van der Waals surface area contributed by atoms with Crippen molar-refractivity contribution in [3.63, 3.8) is 0 Å². The third-order valence-corrected chi connectivity index (χ3v) is 6.24. The maximum atomic E-state index is 4.87. The molecule has 7 nitrogen and oxygen atoms in total. The van der Waals surface area contributed by atoms with Gasteiger partial charge in [0.1, 0.15) is 17.5 Å². The van der Waals surface area contributed by atoms with E-state index in [1.807, 2.05) is 43.4 Å². The van der Waals surface area contributed by atoms with Crippen LogP contribution in [0.4, 0.5) is 29.1 Å². The largest absolute Gasteiger partial charge is 0.363 e. The maximum absolute atomic E-state index is 4.87. The molecule has 0 saturated carbocycles. The lowest BCUT2D eigenvalue weighted by Crippen LogP contribution is -2.47. The molecule has 3 heterocycles. The Hall–Kier alpha value is -3.35. The lowest BCUT2D eigenvalue weighted by atomic mass is 10.1. The Bertz CT molecular complexity index is 1010. The highest BCUT2D eigenvalue weighted by Crippen LogP contribution is 2.24. The number of unbranched alkanes of at least 4 members (excludes halogenated alkanes) is 3. The molecule has 0 bridgehead atoms. The molecule has 1 aliphatic heterocycles. The number of benzene rings is 1. The first-order chi connectivity index (χ1) is 16.6. The first kappa shape index (κ1) is 23.8. The van der Waals surface area contributed by atoms with Gasteiger partial charge in [-0.2, -0.15) is 9.97 Å². The average Bonchev–Trinajstić information content (AvgIpc) is 2.88. The number of nitrogens with one attached hydrogen (secondary N) is 1. The summed E-state index contributed by atoms with van der Waals surface area (Å²) in [6.07, 6.45) is 8.16. The molecule has 0 unspecified atom stereocenters. The zero-order chi connectivity index (χ0) is 23.8. The summed E-state index contributed by atoms with van der Waals surface area (Å²) in [5.41, 5.74) is 2.44. The number of hydrogen-bond donors (Lipinski definition) is 1. The second kappa shape index (κ2) is 11.7. The van der Waals surface area contributed by atoms with Gasteiger partial charge in [0.2, 0.25) is 5.95 Å². The molecule has 1 saturated heterocycles. The Labute approximate surface area is 203 Å². The van der Waals surface area contributed by atoms with Gasteiger partial charge in [0.05, 0.1) is 0 Å². The summed E-state index contributed by atoms with van der Waals surface area (Å²) in [7, 11) is 4.03. The lowest BCUT2D eigenvalue weighted by Gasteiger charge is -2.35. The molecule has 1 N–H and O–H groups in total. The standard InChI is InChI=1S/C27H37N7/c1-4-5-6-7-10-22-12-14-23(15-13-22)29-24-21-26(32(2)3)31-27(30-24)34-19-17-33(18-20-34)25-11-8-9-16-28-25/h8-9,11-16,21H,4-7,10,17-20H2,1-3H3,(H,29,30,31). The van der Waals surface area contributed by atoms with E-state index in [2.05, 4.69) is 57.4 Å². The molecule has 0 atom stereocenters. The van der Waals surface area contributed by atoms with E-state index in [0.29, 0.717) is 0 Å². The molecule has 34 heavy (non-hydrogen) atoms. The third-order valence-electron chi connectivity index (χ3n) is 6.24. The van der Waals surface area contributed by atoms with Gasteiger partial charge in [-0.15, -0.1) is 0 Å². The second-order valence-electron chi connectivity index (χ2n) is 9.10. The van der Waals surface area contributed by atoms with Gasteiger partial charge in [0, 0.05) is 58.2 Å². The first-order valence-electron chi connectivity index (χ1n) is 12.5. The highest BCUT2D eigenvalue weighted by atomic mass is 15.3. The third kappa shape index (κ3) is 6.37. The quantitative estimate of drug-likeness (QED) is 0.422. The van der Waals surface area contributed by atoms with Crippen molar-refractivity contribution < 1.29 is 0 Å². The van der Waals surface area contributed by atoms with Gasteiger partial charge in [-0.3, -0.25) is 0 Å². The van der Waals surface area contributed by atoms with Crippen LogP contribution in [0.5, 0.6) is 0 Å². The molecule has 3 aromatic rings. The van der Waals surface area contributed by atoms with Crippen LogP contribution in [0.1, 0.15) is 38.2 Å². The van der Waals surface area contributed by atoms with E-state index in [1.165, 1.54) is 31.2 Å². The van der Waals surface area contributed by atoms with E-state index >= 15 is 0 Å². The van der Waals surface area contributed by atoms with Gasteiger partial charge in [-0.05, 0) is 42.7 Å². The normalized spacial score (nSPS) is 13.7. The second-order valence-corrected chi connectivity index (χ2v) is 9.10. The van der Waals surface area contributed by atoms with Gasteiger partial charge in [0.15, 0.2) is 0 Å². The fraction of sp³-hybridized carbons (Fsp3) is 0.444. The van der Waals surface area contributed by atoms with E-state index in [0.717, 1.165) is 61.7 Å². The van der Waals surface area contributed by atoms with Crippen molar-refractivity contribution in [3.8, 4) is 0 Å². The van der Waals surface area contributed by atoms with Crippen LogP contribution in [0, 0.1) is 0 Å². The van der Waals surface area contributed by atoms with Crippen LogP contribution in [0.15, 0.2) is 54.7 Å². The Morgan fingerprint density at radius 2 is 1.65 bits per heavy atom. The van der Waals surface area contributed by atoms with Crippen molar-refractivity contribution in [3.05, 3.63) is 60.3 Å². The monoisotopic (exact) mass is 459 g/mol. The minimum absolute atomic E-state index is 0.766. The summed E-state index contributed by atoms with van der Waals surface area (Å²) >= 11 is 0. The molecule has 4 rings (SSSR count). The van der Waals surface area contributed by atoms with E-state index in [4.69, 9.17) is 9.97 Å². The number of piperazine rings is 1. The molecular weight excluding hydrogens is 422 g/mol. The number of anilines is 5. The molecule has 1 aromatic carbocycles. The summed E-state index contributed by atoms with van der Waals surface area (Å²) < 4.78 is 0. The average molecular weight is 460 g/mol. The minimum atomic E-state index is 0.766. The Kier molecular flexibility index (Phi) is 8.17. The van der Waals surface area contributed by atoms with E-state index in [9.17, 15) is 0 Å². The van der Waals surface area contributed by atoms with E-state index < -0.39 is 0 Å². The number of nitrogens with zero attached hydrogens (tertiary/aromatic N) is 6. The number of aryl methyl sites for hydroxylation is 1. The molecule has 2 aromatic heterocycles. The zero-order valence-corrected chi connectivity index (χ0v) is 20.7. The van der Waals surface area contributed by atoms with Crippen LogP contribution < -0.4 is 20.0 Å². The van der Waals surface area contributed by atoms with Gasteiger partial charge >= 0.3 is 0 Å². The summed E-state index contributed by atoms with van der Waals surface area (Å²) in [6, 6.07) is 16.8. The number of aromatic nitrogens is 3. The number of pyridine rings is 1. The highest BCUT2D eigenvalue weighted by molar-refractivity contribution is 5.62. The highest BCUT2D eigenvalue weighted by Gasteiger charge is 2.21. The van der Waals surface area contributed by atoms with Crippen molar-refractivity contribution in [2.24, 2.45) is 0 Å². The van der Waals surface area contributed by atoms with E-state index in [-0.39, 0.29) is 0 Å². The Morgan fingerprint density at radius 3 is 2.32 bits per heavy atom. The topological polar surface area (TPSA) is 60.4 Å². The van der Waals surface area contributed by atoms with Crippen LogP contribution in [0.2, 0.25) is 0 Å². The van der Waals surface area contributed by atoms with Crippen molar-refractivity contribution in [2.75, 3.05) is 60.3 Å². The van der Waals surface area contributed by atoms with Gasteiger partial charge in [0.25, 0.3) is 0 Å². The minimum Gasteiger partial charge on any atom is -0.363 e. The van der Waals surface area contributed by atoms with E-state index in [1.54, 1.807) is 0 Å². The van der Waals surface area contributed by atoms with Gasteiger partial charge in [-0.25, -0.2) is 4.98 Å². The molecule has 1 aliphatic rings. The van der Waals surface area contributed by atoms with Crippen molar-refractivity contribution in [1.29, 1.82) is 0 Å². The Morgan fingerprint density at radius 1 is 0.882 bits per heavy atom. The number of hydrogen-bond acceptors (Lipinski definition) is 7. The van der Waals surface area contributed by atoms with Gasteiger partial charge < -0.3 is 20.0 Å². The molecule has 7 heteroatoms. The van der Waals surface area contributed by atoms with Gasteiger partial charge in [-0.1, -0.05) is 44.4 Å². The maximum Gasteiger partial charge on any atom is 0.229 e. The van der Waals surface area contributed by atoms with Crippen molar-refractivity contribution in [1.82, 2.24) is 15.0 Å². The molecule has 0 spiro atoms. The molecule has 1 fully saturated rings. The number of rotatable bonds is 10. The summed E-state index contributed by atoms with van der Waals surface area (Å²) in [5.74, 6) is 3.51. The van der Waals surface area contributed by atoms with Crippen molar-refractivity contribution >= 4 is 29.1 Å². The van der Waals surface area contributed by atoms with Crippen molar-refractivity contribution in [2.45, 2.75) is 39.0 Å². The first-order valence-corrected chi connectivity index (χ1v) is 12.5. The molecule has 0 radical (unpaired) electrons. The fourth-order valence-corrected chi connectivity index (χ4v) is 4.19.